The number of fused-ring (bicyclic) bond motifs is 4. The fourth-order valence-corrected chi connectivity index (χ4v) is 5.22. The summed E-state index contributed by atoms with van der Waals surface area (Å²) in [6.45, 7) is 7.08. The molecule has 2 bridgehead atoms. The average Bonchev–Trinajstić information content (AvgIpc) is 3.36. The number of hydrogen-bond donors (Lipinski definition) is 2. The second-order valence-electron chi connectivity index (χ2n) is 10.8. The van der Waals surface area contributed by atoms with E-state index >= 15 is 0 Å². The number of nitrogens with one attached hydrogen (secondary N) is 1. The summed E-state index contributed by atoms with van der Waals surface area (Å²) in [5, 5.41) is 12.5. The molecule has 0 spiro atoms. The van der Waals surface area contributed by atoms with Gasteiger partial charge >= 0.3 is 12.2 Å². The number of aromatic nitrogens is 2. The summed E-state index contributed by atoms with van der Waals surface area (Å²) in [7, 11) is 0. The summed E-state index contributed by atoms with van der Waals surface area (Å²) in [5.74, 6) is -0.00832. The highest BCUT2D eigenvalue weighted by molar-refractivity contribution is 6.04. The molecule has 4 heterocycles. The van der Waals surface area contributed by atoms with Crippen LogP contribution in [0.15, 0.2) is 48.7 Å². The van der Waals surface area contributed by atoms with E-state index in [9.17, 15) is 23.1 Å². The van der Waals surface area contributed by atoms with Gasteiger partial charge in [-0.05, 0) is 56.5 Å². The Bertz CT molecular complexity index is 1440. The van der Waals surface area contributed by atoms with E-state index < -0.39 is 23.6 Å². The molecule has 1 atom stereocenters. The molecule has 9 nitrogen and oxygen atoms in total. The van der Waals surface area contributed by atoms with Crippen molar-refractivity contribution in [3.63, 3.8) is 0 Å². The minimum absolute atomic E-state index is 0.151. The van der Waals surface area contributed by atoms with E-state index in [0.29, 0.717) is 55.4 Å². The van der Waals surface area contributed by atoms with Gasteiger partial charge in [0.15, 0.2) is 11.6 Å². The summed E-state index contributed by atoms with van der Waals surface area (Å²) in [5.41, 5.74) is 1.60. The van der Waals surface area contributed by atoms with Crippen LogP contribution in [0.2, 0.25) is 0 Å². The van der Waals surface area contributed by atoms with E-state index in [2.05, 4.69) is 15.2 Å². The van der Waals surface area contributed by atoms with Gasteiger partial charge in [0.2, 0.25) is 0 Å². The van der Waals surface area contributed by atoms with Crippen LogP contribution in [0, 0.1) is 0 Å². The molecule has 5 rings (SSSR count). The van der Waals surface area contributed by atoms with Gasteiger partial charge in [-0.15, -0.1) is 0 Å². The van der Waals surface area contributed by atoms with Gasteiger partial charge in [0.05, 0.1) is 36.2 Å². The fourth-order valence-electron chi connectivity index (χ4n) is 5.22. The molecule has 1 aromatic carbocycles. The Morgan fingerprint density at radius 2 is 1.98 bits per heavy atom. The van der Waals surface area contributed by atoms with E-state index in [-0.39, 0.29) is 11.9 Å². The number of ether oxygens (including phenoxy) is 2. The van der Waals surface area contributed by atoms with Crippen LogP contribution >= 0.6 is 0 Å². The average molecular weight is 586 g/mol. The van der Waals surface area contributed by atoms with Gasteiger partial charge in [-0.3, -0.25) is 10.2 Å². The lowest BCUT2D eigenvalue weighted by atomic mass is 10.00. The predicted molar refractivity (Wildman–Crippen MR) is 153 cm³/mol. The Balaban J connectivity index is 1.38. The highest BCUT2D eigenvalue weighted by Gasteiger charge is 2.41. The zero-order valence-corrected chi connectivity index (χ0v) is 23.7. The molecule has 0 aliphatic carbocycles. The predicted octanol–water partition coefficient (Wildman–Crippen LogP) is 5.87. The van der Waals surface area contributed by atoms with Crippen molar-refractivity contribution in [1.82, 2.24) is 9.97 Å². The van der Waals surface area contributed by atoms with Crippen LogP contribution in [0.1, 0.15) is 44.7 Å². The number of hydrogen-bond acceptors (Lipinski definition) is 7. The molecule has 2 amide bonds. The number of aryl methyl sites for hydroxylation is 1. The molecule has 1 fully saturated rings. The Kier molecular flexibility index (Phi) is 8.29. The minimum Gasteiger partial charge on any atom is -0.493 e. The number of benzene rings is 1. The number of anilines is 3. The number of carbonyl (C=O) groups excluding carboxylic acids is 1. The van der Waals surface area contributed by atoms with Crippen molar-refractivity contribution in [2.45, 2.75) is 58.0 Å². The molecule has 2 N–H and O–H groups in total. The van der Waals surface area contributed by atoms with E-state index in [1.165, 1.54) is 12.3 Å². The van der Waals surface area contributed by atoms with Crippen molar-refractivity contribution in [1.29, 1.82) is 0 Å². The molecule has 0 saturated carbocycles. The molecule has 2 aliphatic heterocycles. The zero-order chi connectivity index (χ0) is 30.1. The number of nitrogens with zero attached hydrogens (tertiary/aromatic N) is 4. The van der Waals surface area contributed by atoms with Crippen LogP contribution in [-0.2, 0) is 17.3 Å². The number of alkyl halides is 3. The molecule has 42 heavy (non-hydrogen) atoms. The molecule has 3 aromatic rings. The quantitative estimate of drug-likeness (QED) is 0.239. The summed E-state index contributed by atoms with van der Waals surface area (Å²) in [6, 6.07) is 9.76. The van der Waals surface area contributed by atoms with Crippen LogP contribution in [-0.4, -0.2) is 59.2 Å². The van der Waals surface area contributed by atoms with Gasteiger partial charge in [0.1, 0.15) is 11.6 Å². The first-order valence-corrected chi connectivity index (χ1v) is 13.9. The maximum atomic E-state index is 13.7. The number of rotatable bonds is 9. The van der Waals surface area contributed by atoms with E-state index in [4.69, 9.17) is 14.5 Å². The van der Waals surface area contributed by atoms with Gasteiger partial charge in [0, 0.05) is 37.3 Å². The summed E-state index contributed by atoms with van der Waals surface area (Å²) >= 11 is 0. The molecule has 12 heteroatoms. The smallest absolute Gasteiger partial charge is 0.416 e. The van der Waals surface area contributed by atoms with Gasteiger partial charge in [-0.1, -0.05) is 19.1 Å². The number of halogens is 3. The summed E-state index contributed by atoms with van der Waals surface area (Å²) < 4.78 is 51.5. The van der Waals surface area contributed by atoms with E-state index in [1.807, 2.05) is 13.0 Å². The van der Waals surface area contributed by atoms with Crippen molar-refractivity contribution < 1.29 is 32.5 Å². The van der Waals surface area contributed by atoms with Crippen LogP contribution < -0.4 is 19.9 Å². The third-order valence-electron chi connectivity index (χ3n) is 7.20. The molecular formula is C30H34F3N5O4. The lowest BCUT2D eigenvalue weighted by molar-refractivity contribution is -0.176. The number of amides is 2. The standard InChI is InChI=1S/C30H34F3N5O4/c1-4-19-16-24-27(36-26(19)20-7-5-8-21(15-20)30(31,32)33)38(22-10-12-37(24)18-22)28(39)35-25-17-23(9-11-34-25)41-13-6-14-42-29(2,3)40/h5,7-9,11,15-17,22,40H,4,6,10,12-14,18H2,1-3H3,(H,34,35,39). The van der Waals surface area contributed by atoms with Crippen molar-refractivity contribution in [3.8, 4) is 17.0 Å². The fraction of sp³-hybridized carbons (Fsp3) is 0.433. The second kappa shape index (κ2) is 11.8. The van der Waals surface area contributed by atoms with E-state index in [0.717, 1.165) is 36.3 Å². The molecule has 2 aromatic heterocycles. The molecule has 1 unspecified atom stereocenters. The van der Waals surface area contributed by atoms with E-state index in [1.54, 1.807) is 36.9 Å². The highest BCUT2D eigenvalue weighted by Crippen LogP contribution is 2.42. The normalized spacial score (nSPS) is 16.4. The van der Waals surface area contributed by atoms with Crippen LogP contribution in [0.3, 0.4) is 0 Å². The van der Waals surface area contributed by atoms with Crippen molar-refractivity contribution in [2.24, 2.45) is 0 Å². The Morgan fingerprint density at radius 3 is 2.71 bits per heavy atom. The Morgan fingerprint density at radius 1 is 1.17 bits per heavy atom. The first-order valence-electron chi connectivity index (χ1n) is 13.9. The van der Waals surface area contributed by atoms with Gasteiger partial charge in [-0.2, -0.15) is 13.2 Å². The number of carbonyl (C=O) groups is 1. The van der Waals surface area contributed by atoms with Gasteiger partial charge in [0.25, 0.3) is 0 Å². The molecular weight excluding hydrogens is 551 g/mol. The first kappa shape index (κ1) is 29.6. The van der Waals surface area contributed by atoms with Crippen molar-refractivity contribution in [3.05, 3.63) is 59.8 Å². The Labute approximate surface area is 242 Å². The largest absolute Gasteiger partial charge is 0.493 e. The summed E-state index contributed by atoms with van der Waals surface area (Å²) in [6.07, 6.45) is -1.11. The lowest BCUT2D eigenvalue weighted by Gasteiger charge is -2.36. The second-order valence-corrected chi connectivity index (χ2v) is 10.8. The maximum absolute atomic E-state index is 13.7. The Hall–Kier alpha value is -3.90. The lowest BCUT2D eigenvalue weighted by Crippen LogP contribution is -2.48. The molecule has 2 aliphatic rings. The topological polar surface area (TPSA) is 100 Å². The molecule has 0 radical (unpaired) electrons. The van der Waals surface area contributed by atoms with Crippen molar-refractivity contribution >= 4 is 23.4 Å². The van der Waals surface area contributed by atoms with Crippen molar-refractivity contribution in [2.75, 3.05) is 41.4 Å². The maximum Gasteiger partial charge on any atom is 0.416 e. The van der Waals surface area contributed by atoms with Crippen LogP contribution in [0.5, 0.6) is 5.75 Å². The number of aliphatic hydroxyl groups is 1. The highest BCUT2D eigenvalue weighted by atomic mass is 19.4. The third kappa shape index (κ3) is 6.60. The van der Waals surface area contributed by atoms with Crippen LogP contribution in [0.25, 0.3) is 11.3 Å². The third-order valence-corrected chi connectivity index (χ3v) is 7.20. The van der Waals surface area contributed by atoms with Crippen LogP contribution in [0.4, 0.5) is 35.3 Å². The summed E-state index contributed by atoms with van der Waals surface area (Å²) in [4.78, 5) is 26.6. The number of urea groups is 1. The monoisotopic (exact) mass is 585 g/mol. The van der Waals surface area contributed by atoms with Gasteiger partial charge in [-0.25, -0.2) is 14.8 Å². The SMILES string of the molecule is CCc1cc2c(nc1-c1cccc(C(F)(F)F)c1)N(C(=O)Nc1cc(OCCCOC(C)(C)O)ccn1)C1CCN2C1. The molecule has 224 valence electrons. The number of pyridine rings is 2. The molecule has 1 saturated heterocycles. The first-order chi connectivity index (χ1) is 19.9. The van der Waals surface area contributed by atoms with Gasteiger partial charge < -0.3 is 19.5 Å². The minimum atomic E-state index is -4.48. The zero-order valence-electron chi connectivity index (χ0n) is 23.7.